The first-order valence-electron chi connectivity index (χ1n) is 11.0. The Labute approximate surface area is 218 Å². The largest absolute Gasteiger partial charge is 0.487 e. The third kappa shape index (κ3) is 8.66. The van der Waals surface area contributed by atoms with Gasteiger partial charge < -0.3 is 20.3 Å². The second-order valence-corrected chi connectivity index (χ2v) is 7.70. The lowest BCUT2D eigenvalue weighted by molar-refractivity contribution is 0.0827. The Bertz CT molecular complexity index is 1040. The molecule has 7 nitrogen and oxygen atoms in total. The molecule has 8 heteroatoms. The van der Waals surface area contributed by atoms with Crippen LogP contribution in [0.2, 0.25) is 0 Å². The van der Waals surface area contributed by atoms with Gasteiger partial charge in [0.15, 0.2) is 5.96 Å². The molecule has 0 fully saturated rings. The second kappa shape index (κ2) is 14.2. The van der Waals surface area contributed by atoms with E-state index in [1.165, 1.54) is 0 Å². The molecule has 0 spiro atoms. The van der Waals surface area contributed by atoms with Gasteiger partial charge in [-0.1, -0.05) is 30.3 Å². The van der Waals surface area contributed by atoms with Crippen LogP contribution in [0, 0.1) is 0 Å². The van der Waals surface area contributed by atoms with Gasteiger partial charge in [-0.25, -0.2) is 4.99 Å². The van der Waals surface area contributed by atoms with Crippen molar-refractivity contribution < 1.29 is 9.53 Å². The zero-order valence-electron chi connectivity index (χ0n) is 19.8. The summed E-state index contributed by atoms with van der Waals surface area (Å²) in [5.41, 5.74) is 3.73. The lowest BCUT2D eigenvalue weighted by Gasteiger charge is -2.13. The lowest BCUT2D eigenvalue weighted by Crippen LogP contribution is -2.36. The fourth-order valence-corrected chi connectivity index (χ4v) is 3.05. The summed E-state index contributed by atoms with van der Waals surface area (Å²) in [5.74, 6) is 1.54. The number of halogens is 1. The Hall–Kier alpha value is -3.14. The highest BCUT2D eigenvalue weighted by Crippen LogP contribution is 2.14. The molecule has 180 valence electrons. The first-order chi connectivity index (χ1) is 16.0. The van der Waals surface area contributed by atoms with Crippen molar-refractivity contribution in [2.45, 2.75) is 26.6 Å². The summed E-state index contributed by atoms with van der Waals surface area (Å²) in [6, 6.07) is 21.3. The molecule has 0 bridgehead atoms. The second-order valence-electron chi connectivity index (χ2n) is 7.70. The number of hydrogen-bond donors (Lipinski definition) is 2. The number of nitrogens with zero attached hydrogens (tertiary/aromatic N) is 3. The number of carbonyl (C=O) groups excluding carboxylic acids is 1. The van der Waals surface area contributed by atoms with Crippen molar-refractivity contribution in [3.05, 3.63) is 95.3 Å². The van der Waals surface area contributed by atoms with Crippen molar-refractivity contribution >= 4 is 35.8 Å². The molecular formula is C26H32IN5O2. The molecule has 0 radical (unpaired) electrons. The van der Waals surface area contributed by atoms with Crippen LogP contribution in [0.5, 0.6) is 5.75 Å². The van der Waals surface area contributed by atoms with E-state index in [-0.39, 0.29) is 29.9 Å². The molecule has 0 saturated carbocycles. The minimum absolute atomic E-state index is 0. The summed E-state index contributed by atoms with van der Waals surface area (Å²) in [6.45, 7) is 4.40. The van der Waals surface area contributed by atoms with E-state index in [0.29, 0.717) is 25.3 Å². The molecule has 3 rings (SSSR count). The summed E-state index contributed by atoms with van der Waals surface area (Å²) >= 11 is 0. The van der Waals surface area contributed by atoms with Crippen molar-refractivity contribution in [1.29, 1.82) is 0 Å². The maximum absolute atomic E-state index is 12.0. The predicted octanol–water partition coefficient (Wildman–Crippen LogP) is 4.24. The van der Waals surface area contributed by atoms with Crippen LogP contribution in [-0.4, -0.2) is 42.4 Å². The Kier molecular flexibility index (Phi) is 11.3. The average molecular weight is 573 g/mol. The highest BCUT2D eigenvalue weighted by molar-refractivity contribution is 14.0. The van der Waals surface area contributed by atoms with Crippen molar-refractivity contribution in [3.63, 3.8) is 0 Å². The van der Waals surface area contributed by atoms with Crippen LogP contribution < -0.4 is 15.4 Å². The van der Waals surface area contributed by atoms with Gasteiger partial charge >= 0.3 is 0 Å². The van der Waals surface area contributed by atoms with Crippen LogP contribution in [0.25, 0.3) is 0 Å². The molecule has 2 aromatic carbocycles. The molecule has 3 aromatic rings. The number of ether oxygens (including phenoxy) is 1. The first-order valence-corrected chi connectivity index (χ1v) is 11.0. The number of pyridine rings is 1. The first kappa shape index (κ1) is 27.1. The van der Waals surface area contributed by atoms with Gasteiger partial charge in [-0.3, -0.25) is 9.78 Å². The summed E-state index contributed by atoms with van der Waals surface area (Å²) in [4.78, 5) is 22.5. The molecule has 0 aliphatic heterocycles. The Balaban J connectivity index is 0.00000408. The number of amides is 1. The smallest absolute Gasteiger partial charge is 0.253 e. The summed E-state index contributed by atoms with van der Waals surface area (Å²) in [5, 5.41) is 6.60. The SMILES string of the molecule is CCNC(=NCc1ccc(OCc2ccccn2)cc1)NCc1ccc(C(=O)N(C)C)cc1.I. The average Bonchev–Trinajstić information content (AvgIpc) is 2.85. The van der Waals surface area contributed by atoms with E-state index in [4.69, 9.17) is 4.74 Å². The van der Waals surface area contributed by atoms with Gasteiger partial charge in [0.25, 0.3) is 5.91 Å². The molecule has 1 heterocycles. The van der Waals surface area contributed by atoms with Crippen molar-refractivity contribution in [2.24, 2.45) is 4.99 Å². The topological polar surface area (TPSA) is 78.9 Å². The van der Waals surface area contributed by atoms with Crippen LogP contribution in [-0.2, 0) is 19.7 Å². The molecular weight excluding hydrogens is 541 g/mol. The quantitative estimate of drug-likeness (QED) is 0.228. The summed E-state index contributed by atoms with van der Waals surface area (Å²) < 4.78 is 5.79. The van der Waals surface area contributed by atoms with Crippen LogP contribution in [0.4, 0.5) is 0 Å². The third-order valence-electron chi connectivity index (χ3n) is 4.87. The normalized spacial score (nSPS) is 10.7. The molecule has 0 aliphatic carbocycles. The van der Waals surface area contributed by atoms with Gasteiger partial charge in [-0.15, -0.1) is 24.0 Å². The number of carbonyl (C=O) groups is 1. The highest BCUT2D eigenvalue weighted by atomic mass is 127. The Morgan fingerprint density at radius 3 is 2.29 bits per heavy atom. The van der Waals surface area contributed by atoms with E-state index in [0.717, 1.165) is 35.1 Å². The fourth-order valence-electron chi connectivity index (χ4n) is 3.05. The molecule has 0 atom stereocenters. The van der Waals surface area contributed by atoms with E-state index >= 15 is 0 Å². The van der Waals surface area contributed by atoms with Gasteiger partial charge in [0.2, 0.25) is 0 Å². The maximum Gasteiger partial charge on any atom is 0.253 e. The van der Waals surface area contributed by atoms with Gasteiger partial charge in [0, 0.05) is 38.9 Å². The van der Waals surface area contributed by atoms with Gasteiger partial charge in [0.1, 0.15) is 12.4 Å². The van der Waals surface area contributed by atoms with Crippen LogP contribution in [0.1, 0.15) is 34.1 Å². The van der Waals surface area contributed by atoms with Crippen molar-refractivity contribution in [3.8, 4) is 5.75 Å². The summed E-state index contributed by atoms with van der Waals surface area (Å²) in [7, 11) is 3.50. The van der Waals surface area contributed by atoms with Crippen LogP contribution in [0.15, 0.2) is 77.9 Å². The number of hydrogen-bond acceptors (Lipinski definition) is 4. The number of aromatic nitrogens is 1. The molecule has 0 unspecified atom stereocenters. The van der Waals surface area contributed by atoms with E-state index in [1.54, 1.807) is 25.2 Å². The number of guanidine groups is 1. The fraction of sp³-hybridized carbons (Fsp3) is 0.269. The van der Waals surface area contributed by atoms with E-state index in [1.807, 2.05) is 73.7 Å². The number of aliphatic imine (C=N–C) groups is 1. The third-order valence-corrected chi connectivity index (χ3v) is 4.87. The lowest BCUT2D eigenvalue weighted by atomic mass is 10.1. The maximum atomic E-state index is 12.0. The van der Waals surface area contributed by atoms with Crippen molar-refractivity contribution in [2.75, 3.05) is 20.6 Å². The van der Waals surface area contributed by atoms with Crippen molar-refractivity contribution in [1.82, 2.24) is 20.5 Å². The van der Waals surface area contributed by atoms with Crippen LogP contribution in [0.3, 0.4) is 0 Å². The monoisotopic (exact) mass is 573 g/mol. The highest BCUT2D eigenvalue weighted by Gasteiger charge is 2.07. The zero-order valence-corrected chi connectivity index (χ0v) is 22.2. The minimum Gasteiger partial charge on any atom is -0.487 e. The van der Waals surface area contributed by atoms with E-state index < -0.39 is 0 Å². The van der Waals surface area contributed by atoms with Gasteiger partial charge in [-0.05, 0) is 54.4 Å². The van der Waals surface area contributed by atoms with E-state index in [9.17, 15) is 4.79 Å². The molecule has 0 aliphatic rings. The van der Waals surface area contributed by atoms with Gasteiger partial charge in [-0.2, -0.15) is 0 Å². The Morgan fingerprint density at radius 1 is 0.971 bits per heavy atom. The molecule has 2 N–H and O–H groups in total. The van der Waals surface area contributed by atoms with Gasteiger partial charge in [0.05, 0.1) is 12.2 Å². The summed E-state index contributed by atoms with van der Waals surface area (Å²) in [6.07, 6.45) is 1.76. The minimum atomic E-state index is -0.00226. The molecule has 1 aromatic heterocycles. The number of nitrogens with one attached hydrogen (secondary N) is 2. The Morgan fingerprint density at radius 2 is 1.68 bits per heavy atom. The number of benzene rings is 2. The standard InChI is InChI=1S/C26H31N5O2.HI/c1-4-27-26(29-17-20-8-12-22(13-9-20)25(32)31(2)3)30-18-21-10-14-24(15-11-21)33-19-23-7-5-6-16-28-23;/h5-16H,4,17-19H2,1-3H3,(H2,27,29,30);1H. The molecule has 34 heavy (non-hydrogen) atoms. The van der Waals surface area contributed by atoms with E-state index in [2.05, 4.69) is 20.6 Å². The zero-order chi connectivity index (χ0) is 23.5. The predicted molar refractivity (Wildman–Crippen MR) is 147 cm³/mol. The molecule has 1 amide bonds. The van der Waals surface area contributed by atoms with Crippen LogP contribution >= 0.6 is 24.0 Å². The molecule has 0 saturated heterocycles. The number of rotatable bonds is 9.